The van der Waals surface area contributed by atoms with Crippen molar-refractivity contribution in [2.24, 2.45) is 5.73 Å². The minimum absolute atomic E-state index is 0.133. The lowest BCUT2D eigenvalue weighted by Crippen LogP contribution is -2.15. The normalized spacial score (nSPS) is 9.42. The molecule has 0 saturated heterocycles. The maximum absolute atomic E-state index is 7.15. The molecule has 3 N–H and O–H groups in total. The summed E-state index contributed by atoms with van der Waals surface area (Å²) in [5.74, 6) is 0.180. The van der Waals surface area contributed by atoms with Crippen molar-refractivity contribution in [2.45, 2.75) is 6.92 Å². The van der Waals surface area contributed by atoms with Crippen molar-refractivity contribution in [3.8, 4) is 5.88 Å². The van der Waals surface area contributed by atoms with E-state index < -0.39 is 0 Å². The van der Waals surface area contributed by atoms with Crippen LogP contribution in [0.25, 0.3) is 0 Å². The van der Waals surface area contributed by atoms with Gasteiger partial charge < -0.3 is 10.5 Å². The molecule has 1 aromatic heterocycles. The van der Waals surface area contributed by atoms with E-state index in [0.717, 1.165) is 0 Å². The van der Waals surface area contributed by atoms with E-state index in [1.807, 2.05) is 6.92 Å². The molecule has 64 valence electrons. The van der Waals surface area contributed by atoms with Gasteiger partial charge in [0.2, 0.25) is 5.88 Å². The molecule has 0 bridgehead atoms. The van der Waals surface area contributed by atoms with E-state index in [1.54, 1.807) is 0 Å². The molecule has 0 fully saturated rings. The zero-order valence-electron chi connectivity index (χ0n) is 6.74. The van der Waals surface area contributed by atoms with Gasteiger partial charge in [-0.15, -0.1) is 0 Å². The van der Waals surface area contributed by atoms with E-state index in [1.165, 1.54) is 12.4 Å². The first-order valence-corrected chi connectivity index (χ1v) is 3.54. The van der Waals surface area contributed by atoms with Crippen LogP contribution in [0.5, 0.6) is 5.88 Å². The first kappa shape index (κ1) is 8.45. The monoisotopic (exact) mass is 166 g/mol. The van der Waals surface area contributed by atoms with Crippen LogP contribution >= 0.6 is 0 Å². The second kappa shape index (κ2) is 3.66. The highest BCUT2D eigenvalue weighted by atomic mass is 16.5. The minimum atomic E-state index is -0.133. The lowest BCUT2D eigenvalue weighted by Gasteiger charge is -2.04. The number of rotatable bonds is 3. The van der Waals surface area contributed by atoms with Crippen molar-refractivity contribution in [1.82, 2.24) is 9.97 Å². The Morgan fingerprint density at radius 1 is 1.58 bits per heavy atom. The van der Waals surface area contributed by atoms with Gasteiger partial charge in [0.1, 0.15) is 5.84 Å². The molecule has 5 nitrogen and oxygen atoms in total. The number of nitrogen functional groups attached to an aromatic ring is 1. The van der Waals surface area contributed by atoms with Crippen LogP contribution in [0, 0.1) is 5.41 Å². The molecule has 0 radical (unpaired) electrons. The fourth-order valence-corrected chi connectivity index (χ4v) is 0.752. The van der Waals surface area contributed by atoms with Crippen molar-refractivity contribution in [1.29, 1.82) is 5.41 Å². The molecule has 1 aromatic rings. The molecule has 5 heteroatoms. The summed E-state index contributed by atoms with van der Waals surface area (Å²) in [7, 11) is 0. The van der Waals surface area contributed by atoms with Crippen LogP contribution in [0.3, 0.4) is 0 Å². The van der Waals surface area contributed by atoms with Gasteiger partial charge in [-0.05, 0) is 6.92 Å². The van der Waals surface area contributed by atoms with Gasteiger partial charge in [-0.3, -0.25) is 5.41 Å². The third kappa shape index (κ3) is 1.69. The average molecular weight is 166 g/mol. The van der Waals surface area contributed by atoms with Gasteiger partial charge in [0, 0.05) is 12.4 Å². The summed E-state index contributed by atoms with van der Waals surface area (Å²) in [5.41, 5.74) is 5.54. The molecule has 0 aromatic carbocycles. The van der Waals surface area contributed by atoms with Gasteiger partial charge in [0.05, 0.1) is 6.61 Å². The summed E-state index contributed by atoms with van der Waals surface area (Å²) >= 11 is 0. The van der Waals surface area contributed by atoms with Crippen molar-refractivity contribution >= 4 is 5.84 Å². The Balaban J connectivity index is 3.00. The number of amidine groups is 1. The van der Waals surface area contributed by atoms with Crippen LogP contribution < -0.4 is 10.5 Å². The molecular weight excluding hydrogens is 156 g/mol. The van der Waals surface area contributed by atoms with E-state index in [4.69, 9.17) is 15.9 Å². The summed E-state index contributed by atoms with van der Waals surface area (Å²) < 4.78 is 5.10. The third-order valence-corrected chi connectivity index (χ3v) is 1.20. The summed E-state index contributed by atoms with van der Waals surface area (Å²) in [6.07, 6.45) is 2.97. The van der Waals surface area contributed by atoms with Crippen LogP contribution in [-0.4, -0.2) is 22.4 Å². The van der Waals surface area contributed by atoms with E-state index in [9.17, 15) is 0 Å². The largest absolute Gasteiger partial charge is 0.476 e. The molecule has 0 atom stereocenters. The molecule has 0 aliphatic heterocycles. The van der Waals surface area contributed by atoms with Crippen molar-refractivity contribution in [3.05, 3.63) is 18.1 Å². The van der Waals surface area contributed by atoms with Gasteiger partial charge in [-0.25, -0.2) is 9.97 Å². The Labute approximate surface area is 70.1 Å². The first-order chi connectivity index (χ1) is 5.75. The molecule has 0 spiro atoms. The van der Waals surface area contributed by atoms with E-state index >= 15 is 0 Å². The quantitative estimate of drug-likeness (QED) is 0.494. The van der Waals surface area contributed by atoms with Gasteiger partial charge in [-0.1, -0.05) is 0 Å². The number of hydrogen-bond donors (Lipinski definition) is 2. The van der Waals surface area contributed by atoms with E-state index in [-0.39, 0.29) is 5.84 Å². The molecular formula is C7H10N4O. The number of ether oxygens (including phenoxy) is 1. The van der Waals surface area contributed by atoms with Gasteiger partial charge in [0.25, 0.3) is 0 Å². The Morgan fingerprint density at radius 2 is 2.25 bits per heavy atom. The highest BCUT2D eigenvalue weighted by Crippen LogP contribution is 2.09. The summed E-state index contributed by atoms with van der Waals surface area (Å²) in [5, 5.41) is 7.15. The average Bonchev–Trinajstić information content (AvgIpc) is 2.05. The first-order valence-electron chi connectivity index (χ1n) is 3.54. The number of aromatic nitrogens is 2. The van der Waals surface area contributed by atoms with Crippen LogP contribution in [0.2, 0.25) is 0 Å². The molecule has 0 aliphatic carbocycles. The Kier molecular flexibility index (Phi) is 2.57. The predicted octanol–water partition coefficient (Wildman–Crippen LogP) is 0.159. The topological polar surface area (TPSA) is 84.9 Å². The van der Waals surface area contributed by atoms with Crippen LogP contribution in [0.1, 0.15) is 12.6 Å². The second-order valence-corrected chi connectivity index (χ2v) is 2.06. The van der Waals surface area contributed by atoms with Crippen LogP contribution in [-0.2, 0) is 0 Å². The predicted molar refractivity (Wildman–Crippen MR) is 44.2 cm³/mol. The minimum Gasteiger partial charge on any atom is -0.476 e. The van der Waals surface area contributed by atoms with E-state index in [2.05, 4.69) is 9.97 Å². The third-order valence-electron chi connectivity index (χ3n) is 1.20. The standard InChI is InChI=1S/C7H10N4O/c1-2-12-7-5(6(8)9)10-3-4-11-7/h3-4H,2H2,1H3,(H3,8,9). The van der Waals surface area contributed by atoms with Crippen molar-refractivity contribution < 1.29 is 4.74 Å². The zero-order chi connectivity index (χ0) is 8.97. The Morgan fingerprint density at radius 3 is 2.83 bits per heavy atom. The van der Waals surface area contributed by atoms with Crippen molar-refractivity contribution in [3.63, 3.8) is 0 Å². The van der Waals surface area contributed by atoms with Crippen molar-refractivity contribution in [2.75, 3.05) is 6.61 Å². The molecule has 1 heterocycles. The van der Waals surface area contributed by atoms with Gasteiger partial charge in [0.15, 0.2) is 5.69 Å². The number of nitrogens with two attached hydrogens (primary N) is 1. The molecule has 0 amide bonds. The lowest BCUT2D eigenvalue weighted by atomic mass is 10.4. The fraction of sp³-hybridized carbons (Fsp3) is 0.286. The van der Waals surface area contributed by atoms with Crippen LogP contribution in [0.15, 0.2) is 12.4 Å². The molecule has 0 unspecified atom stereocenters. The molecule has 1 rings (SSSR count). The van der Waals surface area contributed by atoms with Crippen LogP contribution in [0.4, 0.5) is 0 Å². The lowest BCUT2D eigenvalue weighted by molar-refractivity contribution is 0.324. The highest BCUT2D eigenvalue weighted by molar-refractivity contribution is 5.94. The summed E-state index contributed by atoms with van der Waals surface area (Å²) in [4.78, 5) is 7.74. The summed E-state index contributed by atoms with van der Waals surface area (Å²) in [6, 6.07) is 0. The number of hydrogen-bond acceptors (Lipinski definition) is 4. The summed E-state index contributed by atoms with van der Waals surface area (Å²) in [6.45, 7) is 2.32. The Bertz CT molecular complexity index is 286. The van der Waals surface area contributed by atoms with E-state index in [0.29, 0.717) is 18.2 Å². The number of nitrogens with one attached hydrogen (secondary N) is 1. The van der Waals surface area contributed by atoms with Gasteiger partial charge >= 0.3 is 0 Å². The SMILES string of the molecule is CCOc1nccnc1C(=N)N. The molecule has 12 heavy (non-hydrogen) atoms. The Hall–Kier alpha value is -1.65. The molecule has 0 saturated carbocycles. The molecule has 0 aliphatic rings. The fourth-order valence-electron chi connectivity index (χ4n) is 0.752. The number of nitrogens with zero attached hydrogens (tertiary/aromatic N) is 2. The maximum Gasteiger partial charge on any atom is 0.243 e. The smallest absolute Gasteiger partial charge is 0.243 e. The highest BCUT2D eigenvalue weighted by Gasteiger charge is 2.07. The van der Waals surface area contributed by atoms with Gasteiger partial charge in [-0.2, -0.15) is 0 Å². The zero-order valence-corrected chi connectivity index (χ0v) is 6.74. The maximum atomic E-state index is 7.15. The second-order valence-electron chi connectivity index (χ2n) is 2.06.